The minimum Gasteiger partial charge on any atom is -0.354 e. The number of nitrogens with one attached hydrogen (secondary N) is 1. The normalized spacial score (nSPS) is 22.7. The molecule has 0 bridgehead atoms. The molecule has 3 N–H and O–H groups in total. The second-order valence-corrected chi connectivity index (χ2v) is 4.64. The highest BCUT2D eigenvalue weighted by atomic mass is 32.2. The van der Waals surface area contributed by atoms with E-state index in [1.165, 1.54) is 12.2 Å². The number of hydrogen-bond donors (Lipinski definition) is 2. The maximum absolute atomic E-state index is 11.4. The molecule has 1 fully saturated rings. The van der Waals surface area contributed by atoms with E-state index in [1.54, 1.807) is 0 Å². The highest BCUT2D eigenvalue weighted by molar-refractivity contribution is 7.99. The van der Waals surface area contributed by atoms with Gasteiger partial charge in [-0.1, -0.05) is 0 Å². The fourth-order valence-electron chi connectivity index (χ4n) is 1.34. The van der Waals surface area contributed by atoms with E-state index in [4.69, 9.17) is 12.2 Å². The van der Waals surface area contributed by atoms with E-state index >= 15 is 0 Å². The predicted octanol–water partition coefficient (Wildman–Crippen LogP) is 0.206. The predicted molar refractivity (Wildman–Crippen MR) is 59.9 cm³/mol. The summed E-state index contributed by atoms with van der Waals surface area (Å²) >= 11 is 1.94. The van der Waals surface area contributed by atoms with E-state index in [1.807, 2.05) is 11.8 Å². The number of carbonyl (C=O) groups excluding carboxylic acids is 1. The van der Waals surface area contributed by atoms with E-state index in [9.17, 15) is 4.79 Å². The number of thioether (sulfide) groups is 1. The molecule has 1 rings (SSSR count). The molecule has 0 aromatic rings. The Kier molecular flexibility index (Phi) is 4.85. The van der Waals surface area contributed by atoms with Crippen molar-refractivity contribution in [2.75, 3.05) is 18.1 Å². The molecule has 3 nitrogen and oxygen atoms in total. The summed E-state index contributed by atoms with van der Waals surface area (Å²) in [5, 5.41) is 2.84. The average molecular weight is 212 g/mol. The molecule has 78 valence electrons. The van der Waals surface area contributed by atoms with Gasteiger partial charge in [0.2, 0.25) is 5.91 Å². The second kappa shape index (κ2) is 5.94. The summed E-state index contributed by atoms with van der Waals surface area (Å²) in [5.74, 6) is 5.22. The van der Waals surface area contributed by atoms with Crippen LogP contribution in [-0.4, -0.2) is 30.0 Å². The van der Waals surface area contributed by atoms with Crippen molar-refractivity contribution in [3.63, 3.8) is 0 Å². The largest absolute Gasteiger partial charge is 0.354 e. The van der Waals surface area contributed by atoms with Crippen LogP contribution in [0, 0.1) is 18.3 Å². The molecule has 0 radical (unpaired) electrons. The van der Waals surface area contributed by atoms with E-state index in [0.717, 1.165) is 12.3 Å². The Bertz CT molecular complexity index is 231. The van der Waals surface area contributed by atoms with E-state index in [0.29, 0.717) is 12.3 Å². The molecule has 14 heavy (non-hydrogen) atoms. The number of terminal acetylenes is 1. The molecule has 1 saturated heterocycles. The summed E-state index contributed by atoms with van der Waals surface area (Å²) in [7, 11) is 0. The first-order valence-electron chi connectivity index (χ1n) is 4.78. The maximum Gasteiger partial charge on any atom is 0.237 e. The van der Waals surface area contributed by atoms with Crippen LogP contribution in [0.3, 0.4) is 0 Å². The highest BCUT2D eigenvalue weighted by Gasteiger charge is 2.18. The molecular formula is C10H16N2OS. The van der Waals surface area contributed by atoms with Gasteiger partial charge in [-0.3, -0.25) is 4.79 Å². The molecule has 0 aromatic heterocycles. The van der Waals surface area contributed by atoms with Crippen molar-refractivity contribution in [3.05, 3.63) is 0 Å². The van der Waals surface area contributed by atoms with Crippen LogP contribution in [-0.2, 0) is 4.79 Å². The Morgan fingerprint density at radius 1 is 1.79 bits per heavy atom. The summed E-state index contributed by atoms with van der Waals surface area (Å²) in [6.45, 7) is 0.740. The molecule has 2 unspecified atom stereocenters. The van der Waals surface area contributed by atoms with E-state index < -0.39 is 6.04 Å². The van der Waals surface area contributed by atoms with E-state index in [-0.39, 0.29) is 5.91 Å². The van der Waals surface area contributed by atoms with Gasteiger partial charge in [0.05, 0.1) is 6.04 Å². The smallest absolute Gasteiger partial charge is 0.237 e. The van der Waals surface area contributed by atoms with Gasteiger partial charge in [-0.15, -0.1) is 12.3 Å². The molecule has 1 aliphatic heterocycles. The number of carbonyl (C=O) groups is 1. The first-order chi connectivity index (χ1) is 6.74. The SMILES string of the molecule is C#CCC(N)C(=O)NCC1CCSC1. The van der Waals surface area contributed by atoms with Crippen molar-refractivity contribution in [1.82, 2.24) is 5.32 Å². The van der Waals surface area contributed by atoms with Crippen LogP contribution in [0.5, 0.6) is 0 Å². The zero-order valence-corrected chi connectivity index (χ0v) is 8.98. The maximum atomic E-state index is 11.4. The van der Waals surface area contributed by atoms with Crippen molar-refractivity contribution >= 4 is 17.7 Å². The van der Waals surface area contributed by atoms with Crippen molar-refractivity contribution in [3.8, 4) is 12.3 Å². The first kappa shape index (κ1) is 11.4. The summed E-state index contributed by atoms with van der Waals surface area (Å²) < 4.78 is 0. The van der Waals surface area contributed by atoms with Crippen molar-refractivity contribution < 1.29 is 4.79 Å². The van der Waals surface area contributed by atoms with Gasteiger partial charge >= 0.3 is 0 Å². The third-order valence-corrected chi connectivity index (χ3v) is 3.49. The van der Waals surface area contributed by atoms with Gasteiger partial charge in [-0.2, -0.15) is 11.8 Å². The molecule has 1 heterocycles. The van der Waals surface area contributed by atoms with Crippen LogP contribution in [0.15, 0.2) is 0 Å². The monoisotopic (exact) mass is 212 g/mol. The van der Waals surface area contributed by atoms with Crippen molar-refractivity contribution in [1.29, 1.82) is 0 Å². The lowest BCUT2D eigenvalue weighted by Gasteiger charge is -2.12. The lowest BCUT2D eigenvalue weighted by atomic mass is 10.1. The summed E-state index contributed by atoms with van der Waals surface area (Å²) in [6, 6.07) is -0.547. The zero-order chi connectivity index (χ0) is 10.4. The van der Waals surface area contributed by atoms with Gasteiger partial charge in [0.1, 0.15) is 0 Å². The number of nitrogens with two attached hydrogens (primary N) is 1. The molecule has 0 aromatic carbocycles. The van der Waals surface area contributed by atoms with Crippen LogP contribution < -0.4 is 11.1 Å². The number of amides is 1. The Labute approximate surface area is 89.2 Å². The minimum absolute atomic E-state index is 0.125. The Balaban J connectivity index is 2.17. The Hall–Kier alpha value is -0.660. The minimum atomic E-state index is -0.547. The van der Waals surface area contributed by atoms with E-state index in [2.05, 4.69) is 11.2 Å². The molecule has 2 atom stereocenters. The second-order valence-electron chi connectivity index (χ2n) is 3.49. The molecule has 4 heteroatoms. The zero-order valence-electron chi connectivity index (χ0n) is 8.16. The molecule has 1 aliphatic rings. The lowest BCUT2D eigenvalue weighted by molar-refractivity contribution is -0.122. The first-order valence-corrected chi connectivity index (χ1v) is 5.94. The van der Waals surface area contributed by atoms with Crippen molar-refractivity contribution in [2.24, 2.45) is 11.7 Å². The topological polar surface area (TPSA) is 55.1 Å². The molecule has 0 saturated carbocycles. The highest BCUT2D eigenvalue weighted by Crippen LogP contribution is 2.22. The third-order valence-electron chi connectivity index (χ3n) is 2.26. The summed E-state index contributed by atoms with van der Waals surface area (Å²) in [4.78, 5) is 11.4. The van der Waals surface area contributed by atoms with Crippen LogP contribution >= 0.6 is 11.8 Å². The van der Waals surface area contributed by atoms with Crippen LogP contribution in [0.4, 0.5) is 0 Å². The van der Waals surface area contributed by atoms with Gasteiger partial charge in [-0.05, 0) is 23.8 Å². The fraction of sp³-hybridized carbons (Fsp3) is 0.700. The molecule has 1 amide bonds. The fourth-order valence-corrected chi connectivity index (χ4v) is 2.62. The van der Waals surface area contributed by atoms with Gasteiger partial charge in [-0.25, -0.2) is 0 Å². The van der Waals surface area contributed by atoms with Gasteiger partial charge in [0.25, 0.3) is 0 Å². The molecule has 0 spiro atoms. The van der Waals surface area contributed by atoms with Crippen LogP contribution in [0.2, 0.25) is 0 Å². The number of rotatable bonds is 4. The molecule has 0 aliphatic carbocycles. The third kappa shape index (κ3) is 3.60. The van der Waals surface area contributed by atoms with Crippen LogP contribution in [0.25, 0.3) is 0 Å². The summed E-state index contributed by atoms with van der Waals surface area (Å²) in [6.07, 6.45) is 6.57. The van der Waals surface area contributed by atoms with Crippen LogP contribution in [0.1, 0.15) is 12.8 Å². The molecular weight excluding hydrogens is 196 g/mol. The van der Waals surface area contributed by atoms with Gasteiger partial charge in [0.15, 0.2) is 0 Å². The standard InChI is InChI=1S/C10H16N2OS/c1-2-3-9(11)10(13)12-6-8-4-5-14-7-8/h1,8-9H,3-7,11H2,(H,12,13). The van der Waals surface area contributed by atoms with Gasteiger partial charge < -0.3 is 11.1 Å². The van der Waals surface area contributed by atoms with Crippen molar-refractivity contribution in [2.45, 2.75) is 18.9 Å². The Morgan fingerprint density at radius 2 is 2.57 bits per heavy atom. The lowest BCUT2D eigenvalue weighted by Crippen LogP contribution is -2.42. The number of hydrogen-bond acceptors (Lipinski definition) is 3. The summed E-state index contributed by atoms with van der Waals surface area (Å²) in [5.41, 5.74) is 5.55. The Morgan fingerprint density at radius 3 is 3.14 bits per heavy atom. The quantitative estimate of drug-likeness (QED) is 0.655. The van der Waals surface area contributed by atoms with Gasteiger partial charge in [0, 0.05) is 13.0 Å². The average Bonchev–Trinajstić information content (AvgIpc) is 2.67.